The van der Waals surface area contributed by atoms with Crippen molar-refractivity contribution in [1.82, 2.24) is 15.0 Å². The second-order valence-electron chi connectivity index (χ2n) is 5.53. The Morgan fingerprint density at radius 3 is 2.89 bits per heavy atom. The van der Waals surface area contributed by atoms with Crippen LogP contribution >= 0.6 is 34.4 Å². The van der Waals surface area contributed by atoms with Gasteiger partial charge < -0.3 is 0 Å². The fourth-order valence-corrected chi connectivity index (χ4v) is 5.34. The highest BCUT2D eigenvalue weighted by molar-refractivity contribution is 7.98. The first-order valence-corrected chi connectivity index (χ1v) is 10.7. The number of benzene rings is 1. The molecular formula is C18H13FN4OS3. The first kappa shape index (κ1) is 18.0. The molecular weight excluding hydrogens is 403 g/mol. The predicted molar refractivity (Wildman–Crippen MR) is 108 cm³/mol. The van der Waals surface area contributed by atoms with Crippen LogP contribution in [0.25, 0.3) is 10.2 Å². The molecule has 5 nitrogen and oxygen atoms in total. The molecule has 3 aromatic heterocycles. The van der Waals surface area contributed by atoms with Crippen molar-refractivity contribution in [2.75, 3.05) is 4.90 Å². The van der Waals surface area contributed by atoms with E-state index in [1.54, 1.807) is 47.6 Å². The SMILES string of the molecule is CC(=O)N(c1nc(CSc2ncnc3ccsc23)cs1)c1ccccc1F. The Morgan fingerprint density at radius 1 is 1.22 bits per heavy atom. The minimum Gasteiger partial charge on any atom is -0.274 e. The number of thiophene rings is 1. The Hall–Kier alpha value is -2.36. The van der Waals surface area contributed by atoms with Gasteiger partial charge >= 0.3 is 0 Å². The number of hydrogen-bond donors (Lipinski definition) is 0. The summed E-state index contributed by atoms with van der Waals surface area (Å²) < 4.78 is 15.2. The van der Waals surface area contributed by atoms with E-state index in [1.807, 2.05) is 16.8 Å². The summed E-state index contributed by atoms with van der Waals surface area (Å²) in [5.74, 6) is -0.145. The minimum atomic E-state index is -0.458. The van der Waals surface area contributed by atoms with Crippen molar-refractivity contribution in [2.24, 2.45) is 0 Å². The van der Waals surface area contributed by atoms with Crippen LogP contribution in [-0.4, -0.2) is 20.9 Å². The lowest BCUT2D eigenvalue weighted by molar-refractivity contribution is -0.115. The summed E-state index contributed by atoms with van der Waals surface area (Å²) in [7, 11) is 0. The summed E-state index contributed by atoms with van der Waals surface area (Å²) in [6.07, 6.45) is 1.56. The monoisotopic (exact) mass is 416 g/mol. The number of aromatic nitrogens is 3. The number of para-hydroxylation sites is 1. The highest BCUT2D eigenvalue weighted by atomic mass is 32.2. The third-order valence-corrected chi connectivity index (χ3v) is 6.64. The molecule has 9 heteroatoms. The van der Waals surface area contributed by atoms with Gasteiger partial charge in [-0.05, 0) is 23.6 Å². The number of carbonyl (C=O) groups excluding carboxylic acids is 1. The van der Waals surface area contributed by atoms with E-state index in [0.717, 1.165) is 20.9 Å². The standard InChI is InChI=1S/C18H13FN4OS3/c1-11(24)23(15-5-3-2-4-13(15)19)18-22-12(9-27-18)8-26-17-16-14(6-7-25-16)20-10-21-17/h2-7,9-10H,8H2,1H3. The molecule has 136 valence electrons. The molecule has 0 aliphatic carbocycles. The van der Waals surface area contributed by atoms with Gasteiger partial charge in [-0.15, -0.1) is 22.7 Å². The van der Waals surface area contributed by atoms with Gasteiger partial charge in [-0.3, -0.25) is 9.69 Å². The normalized spacial score (nSPS) is 11.0. The van der Waals surface area contributed by atoms with Gasteiger partial charge in [0, 0.05) is 18.1 Å². The average molecular weight is 417 g/mol. The first-order valence-electron chi connectivity index (χ1n) is 7.94. The maximum Gasteiger partial charge on any atom is 0.230 e. The summed E-state index contributed by atoms with van der Waals surface area (Å²) in [4.78, 5) is 26.5. The van der Waals surface area contributed by atoms with Crippen molar-refractivity contribution < 1.29 is 9.18 Å². The molecule has 0 unspecified atom stereocenters. The largest absolute Gasteiger partial charge is 0.274 e. The van der Waals surface area contributed by atoms with Crippen molar-refractivity contribution >= 4 is 61.4 Å². The maximum absolute atomic E-state index is 14.1. The zero-order chi connectivity index (χ0) is 18.8. The molecule has 4 aromatic rings. The third kappa shape index (κ3) is 3.71. The van der Waals surface area contributed by atoms with E-state index in [4.69, 9.17) is 0 Å². The molecule has 0 saturated heterocycles. The number of nitrogens with zero attached hydrogens (tertiary/aromatic N) is 4. The number of thiazole rings is 1. The molecule has 0 aliphatic rings. The number of amides is 1. The molecule has 1 aromatic carbocycles. The summed E-state index contributed by atoms with van der Waals surface area (Å²) in [6.45, 7) is 1.40. The van der Waals surface area contributed by atoms with Gasteiger partial charge in [-0.1, -0.05) is 23.9 Å². The summed E-state index contributed by atoms with van der Waals surface area (Å²) in [5.41, 5.74) is 1.94. The minimum absolute atomic E-state index is 0.203. The molecule has 0 atom stereocenters. The van der Waals surface area contributed by atoms with Crippen molar-refractivity contribution in [3.63, 3.8) is 0 Å². The van der Waals surface area contributed by atoms with Crippen LogP contribution in [-0.2, 0) is 10.5 Å². The van der Waals surface area contributed by atoms with E-state index >= 15 is 0 Å². The Morgan fingerprint density at radius 2 is 2.07 bits per heavy atom. The molecule has 0 bridgehead atoms. The molecule has 0 radical (unpaired) electrons. The molecule has 4 rings (SSSR count). The fourth-order valence-electron chi connectivity index (χ4n) is 2.52. The molecule has 3 heterocycles. The van der Waals surface area contributed by atoms with Gasteiger partial charge in [0.15, 0.2) is 5.13 Å². The van der Waals surface area contributed by atoms with Crippen molar-refractivity contribution in [2.45, 2.75) is 17.7 Å². The zero-order valence-electron chi connectivity index (χ0n) is 14.1. The maximum atomic E-state index is 14.1. The van der Waals surface area contributed by atoms with Gasteiger partial charge in [-0.25, -0.2) is 19.3 Å². The van der Waals surface area contributed by atoms with Crippen molar-refractivity contribution in [3.8, 4) is 0 Å². The van der Waals surface area contributed by atoms with E-state index < -0.39 is 5.82 Å². The Balaban J connectivity index is 1.56. The Bertz CT molecular complexity index is 1110. The van der Waals surface area contributed by atoms with Crippen LogP contribution in [0.3, 0.4) is 0 Å². The second-order valence-corrected chi connectivity index (χ2v) is 8.25. The van der Waals surface area contributed by atoms with E-state index in [9.17, 15) is 9.18 Å². The fraction of sp³-hybridized carbons (Fsp3) is 0.111. The number of thioether (sulfide) groups is 1. The predicted octanol–water partition coefficient (Wildman–Crippen LogP) is 5.26. The zero-order valence-corrected chi connectivity index (χ0v) is 16.6. The van der Waals surface area contributed by atoms with Crippen LogP contribution in [0.1, 0.15) is 12.6 Å². The number of carbonyl (C=O) groups is 1. The molecule has 0 N–H and O–H groups in total. The second kappa shape index (κ2) is 7.71. The topological polar surface area (TPSA) is 59.0 Å². The highest BCUT2D eigenvalue weighted by Crippen LogP contribution is 2.34. The summed E-state index contributed by atoms with van der Waals surface area (Å²) >= 11 is 4.48. The van der Waals surface area contributed by atoms with Gasteiger partial charge in [0.1, 0.15) is 17.2 Å². The molecule has 0 saturated carbocycles. The smallest absolute Gasteiger partial charge is 0.230 e. The molecule has 27 heavy (non-hydrogen) atoms. The summed E-state index contributed by atoms with van der Waals surface area (Å²) in [5, 5.41) is 5.23. The average Bonchev–Trinajstić information content (AvgIpc) is 3.31. The molecule has 0 spiro atoms. The summed E-state index contributed by atoms with van der Waals surface area (Å²) in [6, 6.07) is 8.15. The van der Waals surface area contributed by atoms with E-state index in [2.05, 4.69) is 15.0 Å². The molecule has 0 fully saturated rings. The van der Waals surface area contributed by atoms with Crippen LogP contribution in [0.4, 0.5) is 15.2 Å². The quantitative estimate of drug-likeness (QED) is 0.328. The Labute approximate surface area is 166 Å². The van der Waals surface area contributed by atoms with Gasteiger partial charge in [0.25, 0.3) is 0 Å². The molecule has 0 aliphatic heterocycles. The number of halogens is 1. The van der Waals surface area contributed by atoms with E-state index in [1.165, 1.54) is 29.2 Å². The number of fused-ring (bicyclic) bond motifs is 1. The first-order chi connectivity index (χ1) is 13.1. The number of rotatable bonds is 5. The third-order valence-electron chi connectivity index (χ3n) is 3.71. The van der Waals surface area contributed by atoms with Crippen LogP contribution in [0, 0.1) is 5.82 Å². The highest BCUT2D eigenvalue weighted by Gasteiger charge is 2.21. The van der Waals surface area contributed by atoms with Crippen molar-refractivity contribution in [1.29, 1.82) is 0 Å². The van der Waals surface area contributed by atoms with E-state index in [0.29, 0.717) is 10.9 Å². The van der Waals surface area contributed by atoms with Crippen LogP contribution < -0.4 is 4.90 Å². The lowest BCUT2D eigenvalue weighted by Crippen LogP contribution is -2.23. The van der Waals surface area contributed by atoms with Gasteiger partial charge in [0.2, 0.25) is 5.91 Å². The molecule has 1 amide bonds. The van der Waals surface area contributed by atoms with Gasteiger partial charge in [-0.2, -0.15) is 0 Å². The Kier molecular flexibility index (Phi) is 5.15. The van der Waals surface area contributed by atoms with Crippen molar-refractivity contribution in [3.05, 3.63) is 58.9 Å². The van der Waals surface area contributed by atoms with E-state index in [-0.39, 0.29) is 11.6 Å². The van der Waals surface area contributed by atoms with Crippen LogP contribution in [0.5, 0.6) is 0 Å². The number of hydrogen-bond acceptors (Lipinski definition) is 7. The lowest BCUT2D eigenvalue weighted by Gasteiger charge is -2.18. The van der Waals surface area contributed by atoms with Crippen LogP contribution in [0.15, 0.2) is 52.4 Å². The van der Waals surface area contributed by atoms with Crippen LogP contribution in [0.2, 0.25) is 0 Å². The van der Waals surface area contributed by atoms with Gasteiger partial charge in [0.05, 0.1) is 21.6 Å². The number of anilines is 2. The lowest BCUT2D eigenvalue weighted by atomic mass is 10.3.